The van der Waals surface area contributed by atoms with Gasteiger partial charge in [0, 0.05) is 24.7 Å². The molecule has 1 aromatic heterocycles. The lowest BCUT2D eigenvalue weighted by atomic mass is 10.2. The second-order valence-electron chi connectivity index (χ2n) is 5.49. The van der Waals surface area contributed by atoms with Crippen LogP contribution in [-0.4, -0.2) is 19.4 Å². The van der Waals surface area contributed by atoms with E-state index in [1.165, 1.54) is 6.04 Å². The van der Waals surface area contributed by atoms with Crippen LogP contribution in [-0.2, 0) is 0 Å². The van der Waals surface area contributed by atoms with E-state index in [4.69, 9.17) is 16.4 Å². The molecule has 0 fully saturated rings. The molecule has 0 bridgehead atoms. The van der Waals surface area contributed by atoms with Crippen LogP contribution in [0.4, 0.5) is 0 Å². The molecule has 2 rings (SSSR count). The first kappa shape index (κ1) is 12.5. The van der Waals surface area contributed by atoms with Gasteiger partial charge in [0.05, 0.1) is 5.52 Å². The topological polar surface area (TPSA) is 14.2 Å². The molecule has 1 heterocycles. The van der Waals surface area contributed by atoms with Crippen LogP contribution in [0.25, 0.3) is 10.9 Å². The highest BCUT2D eigenvalue weighted by atomic mass is 35.5. The van der Waals surface area contributed by atoms with Crippen LogP contribution in [0, 0.1) is 0 Å². The minimum Gasteiger partial charge on any atom is -0.414 e. The monoisotopic (exact) mass is 267 g/mol. The molecule has 17 heavy (non-hydrogen) atoms. The van der Waals surface area contributed by atoms with Crippen molar-refractivity contribution in [3.05, 3.63) is 35.5 Å². The third kappa shape index (κ3) is 3.27. The quantitative estimate of drug-likeness (QED) is 0.762. The van der Waals surface area contributed by atoms with Crippen LogP contribution in [0.1, 0.15) is 0 Å². The van der Waals surface area contributed by atoms with Crippen molar-refractivity contribution in [1.29, 1.82) is 0 Å². The molecule has 0 aliphatic heterocycles. The summed E-state index contributed by atoms with van der Waals surface area (Å²) in [6, 6.07) is 9.03. The Labute approximate surface area is 108 Å². The van der Waals surface area contributed by atoms with Crippen molar-refractivity contribution in [2.45, 2.75) is 25.7 Å². The molecule has 0 N–H and O–H groups in total. The zero-order valence-electron chi connectivity index (χ0n) is 10.5. The van der Waals surface area contributed by atoms with Crippen molar-refractivity contribution >= 4 is 30.6 Å². The number of aromatic nitrogens is 1. The first-order valence-electron chi connectivity index (χ1n) is 5.86. The number of rotatable bonds is 4. The highest BCUT2D eigenvalue weighted by Crippen LogP contribution is 2.19. The van der Waals surface area contributed by atoms with Crippen molar-refractivity contribution < 1.29 is 4.84 Å². The van der Waals surface area contributed by atoms with E-state index in [2.05, 4.69) is 19.6 Å². The minimum absolute atomic E-state index is 0.761. The molecule has 0 aliphatic rings. The van der Waals surface area contributed by atoms with E-state index >= 15 is 0 Å². The van der Waals surface area contributed by atoms with Crippen LogP contribution in [0.3, 0.4) is 0 Å². The summed E-state index contributed by atoms with van der Waals surface area (Å²) in [5.74, 6) is 0. The van der Waals surface area contributed by atoms with Gasteiger partial charge in [-0.3, -0.25) is 0 Å². The Bertz CT molecular complexity index is 516. The second kappa shape index (κ2) is 4.74. The van der Waals surface area contributed by atoms with E-state index in [0.29, 0.717) is 0 Å². The summed E-state index contributed by atoms with van der Waals surface area (Å²) >= 11 is 5.95. The van der Waals surface area contributed by atoms with Crippen LogP contribution >= 0.6 is 11.6 Å². The molecule has 0 saturated heterocycles. The van der Waals surface area contributed by atoms with Gasteiger partial charge in [0.1, 0.15) is 6.61 Å². The molecular weight excluding hydrogens is 250 g/mol. The zero-order chi connectivity index (χ0) is 12.5. The Balaban J connectivity index is 2.09. The van der Waals surface area contributed by atoms with Gasteiger partial charge in [-0.05, 0) is 30.3 Å². The molecule has 2 nitrogen and oxygen atoms in total. The predicted octanol–water partition coefficient (Wildman–Crippen LogP) is 4.06. The normalized spacial score (nSPS) is 12.0. The lowest BCUT2D eigenvalue weighted by Gasteiger charge is -2.16. The average Bonchev–Trinajstić information content (AvgIpc) is 2.59. The second-order valence-corrected chi connectivity index (χ2v) is 11.5. The molecule has 92 valence electrons. The molecule has 0 saturated carbocycles. The molecule has 0 amide bonds. The molecule has 0 radical (unpaired) electrons. The number of hydrogen-bond donors (Lipinski definition) is 0. The van der Waals surface area contributed by atoms with E-state index in [-0.39, 0.29) is 0 Å². The highest BCUT2D eigenvalue weighted by molar-refractivity contribution is 6.76. The van der Waals surface area contributed by atoms with Crippen molar-refractivity contribution in [3.8, 4) is 0 Å². The van der Waals surface area contributed by atoms with Gasteiger partial charge >= 0.3 is 0 Å². The first-order chi connectivity index (χ1) is 7.96. The third-order valence-corrected chi connectivity index (χ3v) is 4.64. The van der Waals surface area contributed by atoms with Crippen molar-refractivity contribution in [1.82, 2.24) is 4.73 Å². The Morgan fingerprint density at radius 1 is 1.24 bits per heavy atom. The molecular formula is C13H18ClNOSi. The van der Waals surface area contributed by atoms with Crippen LogP contribution < -0.4 is 4.84 Å². The van der Waals surface area contributed by atoms with Gasteiger partial charge in [-0.25, -0.2) is 0 Å². The third-order valence-electron chi connectivity index (χ3n) is 2.70. The maximum absolute atomic E-state index is 5.95. The van der Waals surface area contributed by atoms with Crippen LogP contribution in [0.15, 0.2) is 30.5 Å². The van der Waals surface area contributed by atoms with E-state index in [9.17, 15) is 0 Å². The van der Waals surface area contributed by atoms with Gasteiger partial charge in [0.15, 0.2) is 0 Å². The van der Waals surface area contributed by atoms with Gasteiger partial charge in [0.2, 0.25) is 0 Å². The fourth-order valence-electron chi connectivity index (χ4n) is 1.65. The number of halogens is 1. The maximum Gasteiger partial charge on any atom is 0.112 e. The first-order valence-corrected chi connectivity index (χ1v) is 9.94. The maximum atomic E-state index is 5.95. The summed E-state index contributed by atoms with van der Waals surface area (Å²) in [6.07, 6.45) is 1.95. The summed E-state index contributed by atoms with van der Waals surface area (Å²) in [5, 5.41) is 1.88. The molecule has 1 aromatic carbocycles. The van der Waals surface area contributed by atoms with Crippen molar-refractivity contribution in [2.75, 3.05) is 6.61 Å². The predicted molar refractivity (Wildman–Crippen MR) is 76.5 cm³/mol. The molecule has 0 unspecified atom stereocenters. The van der Waals surface area contributed by atoms with Crippen LogP contribution in [0.5, 0.6) is 0 Å². The fourth-order valence-corrected chi connectivity index (χ4v) is 2.53. The summed E-state index contributed by atoms with van der Waals surface area (Å²) < 4.78 is 1.84. The lowest BCUT2D eigenvalue weighted by molar-refractivity contribution is 0.132. The SMILES string of the molecule is C[Si](C)(C)CCOn1ccc2cc(Cl)ccc21. The summed E-state index contributed by atoms with van der Waals surface area (Å²) in [5.41, 5.74) is 1.07. The van der Waals surface area contributed by atoms with Crippen molar-refractivity contribution in [3.63, 3.8) is 0 Å². The van der Waals surface area contributed by atoms with Gasteiger partial charge in [0.25, 0.3) is 0 Å². The Hall–Kier alpha value is -0.933. The number of nitrogens with zero attached hydrogens (tertiary/aromatic N) is 1. The van der Waals surface area contributed by atoms with Gasteiger partial charge in [-0.15, -0.1) is 0 Å². The standard InChI is InChI=1S/C13H18ClNOSi/c1-17(2,3)9-8-16-15-7-6-11-10-12(14)4-5-13(11)15/h4-7,10H,8-9H2,1-3H3. The van der Waals surface area contributed by atoms with E-state index in [1.54, 1.807) is 0 Å². The van der Waals surface area contributed by atoms with E-state index < -0.39 is 8.07 Å². The molecule has 4 heteroatoms. The van der Waals surface area contributed by atoms with Gasteiger partial charge < -0.3 is 4.84 Å². The van der Waals surface area contributed by atoms with Gasteiger partial charge in [-0.2, -0.15) is 4.73 Å². The van der Waals surface area contributed by atoms with E-state index in [1.807, 2.05) is 35.2 Å². The number of hydrogen-bond acceptors (Lipinski definition) is 1. The summed E-state index contributed by atoms with van der Waals surface area (Å²) in [4.78, 5) is 5.78. The number of benzene rings is 1. The molecule has 2 aromatic rings. The Morgan fingerprint density at radius 3 is 2.71 bits per heavy atom. The average molecular weight is 268 g/mol. The van der Waals surface area contributed by atoms with Crippen LogP contribution in [0.2, 0.25) is 30.7 Å². The largest absolute Gasteiger partial charge is 0.414 e. The zero-order valence-corrected chi connectivity index (χ0v) is 12.3. The highest BCUT2D eigenvalue weighted by Gasteiger charge is 2.13. The summed E-state index contributed by atoms with van der Waals surface area (Å²) in [6.45, 7) is 7.83. The van der Waals surface area contributed by atoms with Gasteiger partial charge in [-0.1, -0.05) is 31.2 Å². The molecule has 0 spiro atoms. The van der Waals surface area contributed by atoms with Crippen molar-refractivity contribution in [2.24, 2.45) is 0 Å². The Morgan fingerprint density at radius 2 is 2.00 bits per heavy atom. The smallest absolute Gasteiger partial charge is 0.112 e. The fraction of sp³-hybridized carbons (Fsp3) is 0.385. The van der Waals surface area contributed by atoms with E-state index in [0.717, 1.165) is 22.5 Å². The molecule has 0 atom stereocenters. The molecule has 0 aliphatic carbocycles. The summed E-state index contributed by atoms with van der Waals surface area (Å²) in [7, 11) is -1.03. The lowest BCUT2D eigenvalue weighted by Crippen LogP contribution is -2.25. The Kier molecular flexibility index (Phi) is 3.49. The minimum atomic E-state index is -1.03. The number of fused-ring (bicyclic) bond motifs is 1.